The van der Waals surface area contributed by atoms with Gasteiger partial charge in [0, 0.05) is 37.4 Å². The summed E-state index contributed by atoms with van der Waals surface area (Å²) in [6.45, 7) is 5.54. The van der Waals surface area contributed by atoms with Crippen LogP contribution in [0.5, 0.6) is 0 Å². The SMILES string of the molecule is CCN(Cc1cnc2c(c1)c(C)nn2C)c1cccc(F)c1. The van der Waals surface area contributed by atoms with Gasteiger partial charge in [-0.3, -0.25) is 4.68 Å². The molecule has 2 aromatic heterocycles. The number of anilines is 1. The van der Waals surface area contributed by atoms with E-state index >= 15 is 0 Å². The van der Waals surface area contributed by atoms with E-state index in [4.69, 9.17) is 0 Å². The van der Waals surface area contributed by atoms with Crippen LogP contribution >= 0.6 is 0 Å². The molecule has 0 spiro atoms. The number of pyridine rings is 1. The molecule has 0 aliphatic rings. The molecule has 2 heterocycles. The van der Waals surface area contributed by atoms with Crippen molar-refractivity contribution in [2.24, 2.45) is 7.05 Å². The molecular formula is C17H19FN4. The molecule has 114 valence electrons. The molecule has 0 aliphatic heterocycles. The molecule has 0 saturated carbocycles. The van der Waals surface area contributed by atoms with Crippen LogP contribution in [0, 0.1) is 12.7 Å². The average molecular weight is 298 g/mol. The molecule has 0 atom stereocenters. The van der Waals surface area contributed by atoms with Crippen LogP contribution < -0.4 is 4.90 Å². The van der Waals surface area contributed by atoms with Crippen LogP contribution in [0.25, 0.3) is 11.0 Å². The summed E-state index contributed by atoms with van der Waals surface area (Å²) >= 11 is 0. The van der Waals surface area contributed by atoms with Crippen molar-refractivity contribution >= 4 is 16.7 Å². The van der Waals surface area contributed by atoms with Gasteiger partial charge >= 0.3 is 0 Å². The zero-order chi connectivity index (χ0) is 15.7. The highest BCUT2D eigenvalue weighted by Crippen LogP contribution is 2.21. The summed E-state index contributed by atoms with van der Waals surface area (Å²) in [4.78, 5) is 6.62. The van der Waals surface area contributed by atoms with Crippen molar-refractivity contribution in [2.75, 3.05) is 11.4 Å². The Hall–Kier alpha value is -2.43. The van der Waals surface area contributed by atoms with Gasteiger partial charge in [0.05, 0.1) is 5.69 Å². The molecule has 0 fully saturated rings. The average Bonchev–Trinajstić information content (AvgIpc) is 2.79. The van der Waals surface area contributed by atoms with E-state index in [-0.39, 0.29) is 5.82 Å². The Balaban J connectivity index is 1.92. The van der Waals surface area contributed by atoms with Gasteiger partial charge in [-0.15, -0.1) is 0 Å². The summed E-state index contributed by atoms with van der Waals surface area (Å²) in [5, 5.41) is 5.46. The smallest absolute Gasteiger partial charge is 0.157 e. The Labute approximate surface area is 129 Å². The number of aromatic nitrogens is 3. The minimum Gasteiger partial charge on any atom is -0.367 e. The van der Waals surface area contributed by atoms with Crippen LogP contribution in [0.1, 0.15) is 18.2 Å². The van der Waals surface area contributed by atoms with Crippen LogP contribution in [0.15, 0.2) is 36.5 Å². The first-order chi connectivity index (χ1) is 10.6. The highest BCUT2D eigenvalue weighted by Gasteiger charge is 2.10. The van der Waals surface area contributed by atoms with Crippen LogP contribution in [0.3, 0.4) is 0 Å². The lowest BCUT2D eigenvalue weighted by atomic mass is 10.2. The molecular weight excluding hydrogens is 279 g/mol. The van der Waals surface area contributed by atoms with E-state index in [1.165, 1.54) is 6.07 Å². The second-order valence-corrected chi connectivity index (χ2v) is 5.42. The molecule has 0 bridgehead atoms. The van der Waals surface area contributed by atoms with Gasteiger partial charge in [-0.25, -0.2) is 9.37 Å². The summed E-state index contributed by atoms with van der Waals surface area (Å²) in [7, 11) is 1.90. The molecule has 0 radical (unpaired) electrons. The van der Waals surface area contributed by atoms with E-state index in [1.807, 2.05) is 26.2 Å². The van der Waals surface area contributed by atoms with E-state index in [0.29, 0.717) is 6.54 Å². The maximum absolute atomic E-state index is 13.4. The van der Waals surface area contributed by atoms with E-state index in [2.05, 4.69) is 28.0 Å². The van der Waals surface area contributed by atoms with E-state index < -0.39 is 0 Å². The van der Waals surface area contributed by atoms with Crippen LogP contribution in [0.4, 0.5) is 10.1 Å². The Kier molecular flexibility index (Phi) is 3.79. The maximum atomic E-state index is 13.4. The molecule has 0 saturated heterocycles. The van der Waals surface area contributed by atoms with Crippen molar-refractivity contribution in [1.29, 1.82) is 0 Å². The van der Waals surface area contributed by atoms with Gasteiger partial charge in [0.1, 0.15) is 5.82 Å². The molecule has 0 unspecified atom stereocenters. The highest BCUT2D eigenvalue weighted by molar-refractivity contribution is 5.78. The van der Waals surface area contributed by atoms with E-state index in [0.717, 1.165) is 34.5 Å². The number of halogens is 1. The van der Waals surface area contributed by atoms with Crippen LogP contribution in [-0.4, -0.2) is 21.3 Å². The maximum Gasteiger partial charge on any atom is 0.157 e. The Morgan fingerprint density at radius 3 is 2.82 bits per heavy atom. The monoisotopic (exact) mass is 298 g/mol. The standard InChI is InChI=1S/C17H19FN4/c1-4-22(15-7-5-6-14(18)9-15)11-13-8-16-12(2)20-21(3)17(16)19-10-13/h5-10H,4,11H2,1-3H3. The fourth-order valence-electron chi connectivity index (χ4n) is 2.72. The second kappa shape index (κ2) is 5.75. The molecule has 0 N–H and O–H groups in total. The fourth-order valence-corrected chi connectivity index (χ4v) is 2.72. The molecule has 1 aromatic carbocycles. The molecule has 5 heteroatoms. The summed E-state index contributed by atoms with van der Waals surface area (Å²) in [6, 6.07) is 8.80. The summed E-state index contributed by atoms with van der Waals surface area (Å²) < 4.78 is 15.2. The van der Waals surface area contributed by atoms with E-state index in [1.54, 1.807) is 16.8 Å². The van der Waals surface area contributed by atoms with Gasteiger partial charge < -0.3 is 4.90 Å². The van der Waals surface area contributed by atoms with Crippen LogP contribution in [0.2, 0.25) is 0 Å². The number of benzene rings is 1. The van der Waals surface area contributed by atoms with E-state index in [9.17, 15) is 4.39 Å². The summed E-state index contributed by atoms with van der Waals surface area (Å²) in [6.07, 6.45) is 1.87. The quantitative estimate of drug-likeness (QED) is 0.740. The minimum atomic E-state index is -0.215. The highest BCUT2D eigenvalue weighted by atomic mass is 19.1. The summed E-state index contributed by atoms with van der Waals surface area (Å²) in [5.41, 5.74) is 3.83. The lowest BCUT2D eigenvalue weighted by molar-refractivity contribution is 0.626. The number of hydrogen-bond acceptors (Lipinski definition) is 3. The van der Waals surface area contributed by atoms with Crippen molar-refractivity contribution in [3.05, 3.63) is 53.6 Å². The largest absolute Gasteiger partial charge is 0.367 e. The number of aryl methyl sites for hydroxylation is 2. The summed E-state index contributed by atoms with van der Waals surface area (Å²) in [5.74, 6) is -0.215. The van der Waals surface area contributed by atoms with Crippen molar-refractivity contribution in [2.45, 2.75) is 20.4 Å². The first kappa shape index (κ1) is 14.5. The predicted molar refractivity (Wildman–Crippen MR) is 86.4 cm³/mol. The van der Waals surface area contributed by atoms with Crippen LogP contribution in [-0.2, 0) is 13.6 Å². The Bertz CT molecular complexity index is 810. The topological polar surface area (TPSA) is 34.0 Å². The molecule has 0 aliphatic carbocycles. The van der Waals surface area contributed by atoms with Crippen molar-refractivity contribution in [3.8, 4) is 0 Å². The Morgan fingerprint density at radius 2 is 2.09 bits per heavy atom. The number of fused-ring (bicyclic) bond motifs is 1. The molecule has 3 rings (SSSR count). The third kappa shape index (κ3) is 2.66. The zero-order valence-electron chi connectivity index (χ0n) is 13.0. The first-order valence-corrected chi connectivity index (χ1v) is 7.37. The predicted octanol–water partition coefficient (Wildman–Crippen LogP) is 3.44. The van der Waals surface area contributed by atoms with Gasteiger partial charge in [0.25, 0.3) is 0 Å². The van der Waals surface area contributed by atoms with Gasteiger partial charge in [0.15, 0.2) is 5.65 Å². The lowest BCUT2D eigenvalue weighted by Crippen LogP contribution is -2.22. The normalized spacial score (nSPS) is 11.1. The van der Waals surface area contributed by atoms with Gasteiger partial charge in [0.2, 0.25) is 0 Å². The molecule has 3 aromatic rings. The zero-order valence-corrected chi connectivity index (χ0v) is 13.0. The third-order valence-electron chi connectivity index (χ3n) is 3.85. The third-order valence-corrected chi connectivity index (χ3v) is 3.85. The van der Waals surface area contributed by atoms with Crippen molar-refractivity contribution in [3.63, 3.8) is 0 Å². The molecule has 0 amide bonds. The number of nitrogens with zero attached hydrogens (tertiary/aromatic N) is 4. The number of hydrogen-bond donors (Lipinski definition) is 0. The molecule has 22 heavy (non-hydrogen) atoms. The van der Waals surface area contributed by atoms with Gasteiger partial charge in [-0.05, 0) is 43.7 Å². The van der Waals surface area contributed by atoms with Gasteiger partial charge in [-0.2, -0.15) is 5.10 Å². The minimum absolute atomic E-state index is 0.215. The number of rotatable bonds is 4. The Morgan fingerprint density at radius 1 is 1.27 bits per heavy atom. The molecule has 4 nitrogen and oxygen atoms in total. The van der Waals surface area contributed by atoms with Gasteiger partial charge in [-0.1, -0.05) is 6.07 Å². The van der Waals surface area contributed by atoms with Crippen molar-refractivity contribution in [1.82, 2.24) is 14.8 Å². The fraction of sp³-hybridized carbons (Fsp3) is 0.294. The van der Waals surface area contributed by atoms with Crippen molar-refractivity contribution < 1.29 is 4.39 Å². The second-order valence-electron chi connectivity index (χ2n) is 5.42. The lowest BCUT2D eigenvalue weighted by Gasteiger charge is -2.23. The first-order valence-electron chi connectivity index (χ1n) is 7.37.